The monoisotopic (exact) mass is 396 g/mol. The molecular weight excluding hydrogens is 375 g/mol. The van der Waals surface area contributed by atoms with Gasteiger partial charge in [0.2, 0.25) is 0 Å². The lowest BCUT2D eigenvalue weighted by atomic mass is 10.1. The summed E-state index contributed by atoms with van der Waals surface area (Å²) in [6.45, 7) is 0.0635. The van der Waals surface area contributed by atoms with E-state index in [1.54, 1.807) is 12.1 Å². The molecule has 2 aromatic carbocycles. The highest BCUT2D eigenvalue weighted by molar-refractivity contribution is 5.97. The van der Waals surface area contributed by atoms with Gasteiger partial charge in [0.05, 0.1) is 13.7 Å². The molecule has 7 heteroatoms. The highest BCUT2D eigenvalue weighted by Gasteiger charge is 2.21. The van der Waals surface area contributed by atoms with Crippen LogP contribution in [0.1, 0.15) is 27.2 Å². The fourth-order valence-electron chi connectivity index (χ4n) is 2.75. The van der Waals surface area contributed by atoms with E-state index >= 15 is 0 Å². The van der Waals surface area contributed by atoms with Crippen LogP contribution in [0, 0.1) is 5.82 Å². The molecule has 0 unspecified atom stereocenters. The van der Waals surface area contributed by atoms with Crippen molar-refractivity contribution in [2.24, 2.45) is 0 Å². The largest absolute Gasteiger partial charge is 0.491 e. The molecule has 0 aliphatic carbocycles. The number of methoxy groups -OCH3 is 1. The quantitative estimate of drug-likeness (QED) is 0.611. The van der Waals surface area contributed by atoms with Gasteiger partial charge in [0.1, 0.15) is 23.7 Å². The van der Waals surface area contributed by atoms with Gasteiger partial charge in [0.25, 0.3) is 5.91 Å². The van der Waals surface area contributed by atoms with Gasteiger partial charge in [-0.1, -0.05) is 42.5 Å². The lowest BCUT2D eigenvalue weighted by Gasteiger charge is -2.17. The predicted molar refractivity (Wildman–Crippen MR) is 105 cm³/mol. The SMILES string of the molecule is COc1c(CO)ncc(C(=O)NCc2ccc(F)cc2)c1OCc1ccccc1. The minimum absolute atomic E-state index is 0.178. The number of amides is 1. The molecule has 29 heavy (non-hydrogen) atoms. The standard InChI is InChI=1S/C22H21FN2O4/c1-28-21-19(13-26)24-12-18(20(21)29-14-16-5-3-2-4-6-16)22(27)25-11-15-7-9-17(23)10-8-15/h2-10,12,26H,11,13-14H2,1H3,(H,25,27). The number of aliphatic hydroxyl groups is 1. The van der Waals surface area contributed by atoms with Crippen molar-refractivity contribution in [3.8, 4) is 11.5 Å². The average Bonchev–Trinajstić information content (AvgIpc) is 2.77. The van der Waals surface area contributed by atoms with E-state index in [0.717, 1.165) is 11.1 Å². The van der Waals surface area contributed by atoms with Gasteiger partial charge in [0.15, 0.2) is 11.5 Å². The molecule has 0 saturated heterocycles. The topological polar surface area (TPSA) is 80.7 Å². The molecule has 0 aliphatic rings. The molecule has 1 heterocycles. The molecule has 6 nitrogen and oxygen atoms in total. The van der Waals surface area contributed by atoms with Gasteiger partial charge < -0.3 is 19.9 Å². The third-order valence-corrected chi connectivity index (χ3v) is 4.25. The van der Waals surface area contributed by atoms with E-state index in [1.165, 1.54) is 25.4 Å². The molecule has 0 atom stereocenters. The van der Waals surface area contributed by atoms with E-state index in [2.05, 4.69) is 10.3 Å². The lowest BCUT2D eigenvalue weighted by molar-refractivity contribution is 0.0944. The minimum Gasteiger partial charge on any atom is -0.491 e. The second-order valence-electron chi connectivity index (χ2n) is 6.22. The van der Waals surface area contributed by atoms with Gasteiger partial charge in [-0.15, -0.1) is 0 Å². The second kappa shape index (κ2) is 9.66. The molecule has 1 aromatic heterocycles. The van der Waals surface area contributed by atoms with Crippen LogP contribution in [0.4, 0.5) is 4.39 Å². The summed E-state index contributed by atoms with van der Waals surface area (Å²) in [5.41, 5.74) is 2.11. The first kappa shape index (κ1) is 20.3. The number of hydrogen-bond acceptors (Lipinski definition) is 5. The first-order valence-corrected chi connectivity index (χ1v) is 8.98. The summed E-state index contributed by atoms with van der Waals surface area (Å²) in [5.74, 6) is -0.359. The molecule has 2 N–H and O–H groups in total. The minimum atomic E-state index is -0.423. The van der Waals surface area contributed by atoms with Crippen molar-refractivity contribution in [3.63, 3.8) is 0 Å². The van der Waals surface area contributed by atoms with Crippen molar-refractivity contribution in [3.05, 3.63) is 89.0 Å². The van der Waals surface area contributed by atoms with Crippen molar-refractivity contribution in [1.82, 2.24) is 10.3 Å². The van der Waals surface area contributed by atoms with Crippen LogP contribution in [0.3, 0.4) is 0 Å². The fourth-order valence-corrected chi connectivity index (χ4v) is 2.75. The Hall–Kier alpha value is -3.45. The summed E-state index contributed by atoms with van der Waals surface area (Å²) in [6, 6.07) is 15.3. The molecule has 0 saturated carbocycles. The molecular formula is C22H21FN2O4. The number of pyridine rings is 1. The molecule has 0 bridgehead atoms. The summed E-state index contributed by atoms with van der Waals surface area (Å²) in [4.78, 5) is 16.9. The molecule has 1 amide bonds. The van der Waals surface area contributed by atoms with E-state index in [9.17, 15) is 14.3 Å². The predicted octanol–water partition coefficient (Wildman–Crippen LogP) is 3.23. The van der Waals surface area contributed by atoms with Crippen molar-refractivity contribution in [2.75, 3.05) is 7.11 Å². The number of rotatable bonds is 8. The van der Waals surface area contributed by atoms with E-state index < -0.39 is 5.91 Å². The maximum Gasteiger partial charge on any atom is 0.257 e. The summed E-state index contributed by atoms with van der Waals surface area (Å²) in [7, 11) is 1.42. The number of aliphatic hydroxyl groups excluding tert-OH is 1. The average molecular weight is 396 g/mol. The number of nitrogens with zero attached hydrogens (tertiary/aromatic N) is 1. The number of carbonyl (C=O) groups excluding carboxylic acids is 1. The van der Waals surface area contributed by atoms with Crippen LogP contribution in [0.15, 0.2) is 60.8 Å². The molecule has 0 spiro atoms. The molecule has 0 radical (unpaired) electrons. The number of halogens is 1. The van der Waals surface area contributed by atoms with Gasteiger partial charge >= 0.3 is 0 Å². The maximum atomic E-state index is 13.0. The maximum absolute atomic E-state index is 13.0. The van der Waals surface area contributed by atoms with Crippen LogP contribution in [0.25, 0.3) is 0 Å². The Balaban J connectivity index is 1.83. The molecule has 3 rings (SSSR count). The van der Waals surface area contributed by atoms with E-state index in [4.69, 9.17) is 9.47 Å². The van der Waals surface area contributed by atoms with E-state index in [1.807, 2.05) is 30.3 Å². The van der Waals surface area contributed by atoms with Crippen molar-refractivity contribution in [2.45, 2.75) is 19.8 Å². The number of hydrogen-bond donors (Lipinski definition) is 2. The second-order valence-corrected chi connectivity index (χ2v) is 6.22. The van der Waals surface area contributed by atoms with E-state index in [0.29, 0.717) is 0 Å². The van der Waals surface area contributed by atoms with Crippen LogP contribution < -0.4 is 14.8 Å². The number of aromatic nitrogens is 1. The smallest absolute Gasteiger partial charge is 0.257 e. The molecule has 150 valence electrons. The zero-order valence-corrected chi connectivity index (χ0v) is 15.9. The van der Waals surface area contributed by atoms with Crippen LogP contribution in [0.2, 0.25) is 0 Å². The number of nitrogens with one attached hydrogen (secondary N) is 1. The third kappa shape index (κ3) is 5.08. The number of ether oxygens (including phenoxy) is 2. The van der Waals surface area contributed by atoms with Gasteiger partial charge in [-0.25, -0.2) is 4.39 Å². The van der Waals surface area contributed by atoms with Crippen LogP contribution in [0.5, 0.6) is 11.5 Å². The van der Waals surface area contributed by atoms with Gasteiger partial charge in [-0.3, -0.25) is 9.78 Å². The first-order valence-electron chi connectivity index (χ1n) is 8.98. The Morgan fingerprint density at radius 1 is 1.07 bits per heavy atom. The summed E-state index contributed by atoms with van der Waals surface area (Å²) >= 11 is 0. The Morgan fingerprint density at radius 2 is 1.79 bits per heavy atom. The molecule has 0 aliphatic heterocycles. The third-order valence-electron chi connectivity index (χ3n) is 4.25. The Labute approximate surface area is 167 Å². The van der Waals surface area contributed by atoms with Crippen LogP contribution in [-0.2, 0) is 19.8 Å². The lowest BCUT2D eigenvalue weighted by Crippen LogP contribution is -2.24. The van der Waals surface area contributed by atoms with Crippen LogP contribution in [-0.4, -0.2) is 23.1 Å². The number of carbonyl (C=O) groups is 1. The normalized spacial score (nSPS) is 10.4. The Bertz CT molecular complexity index is 963. The van der Waals surface area contributed by atoms with Crippen molar-refractivity contribution >= 4 is 5.91 Å². The first-order chi connectivity index (χ1) is 14.1. The zero-order valence-electron chi connectivity index (χ0n) is 15.9. The van der Waals surface area contributed by atoms with E-state index in [-0.39, 0.29) is 48.3 Å². The zero-order chi connectivity index (χ0) is 20.6. The Morgan fingerprint density at radius 3 is 2.45 bits per heavy atom. The summed E-state index contributed by atoms with van der Waals surface area (Å²) in [6.07, 6.45) is 1.34. The van der Waals surface area contributed by atoms with Gasteiger partial charge in [-0.2, -0.15) is 0 Å². The van der Waals surface area contributed by atoms with Crippen molar-refractivity contribution in [1.29, 1.82) is 0 Å². The highest BCUT2D eigenvalue weighted by atomic mass is 19.1. The fraction of sp³-hybridized carbons (Fsp3) is 0.182. The van der Waals surface area contributed by atoms with Crippen LogP contribution >= 0.6 is 0 Å². The van der Waals surface area contributed by atoms with Crippen molar-refractivity contribution < 1.29 is 23.8 Å². The molecule has 0 fully saturated rings. The number of benzene rings is 2. The summed E-state index contributed by atoms with van der Waals surface area (Å²) in [5, 5.41) is 12.3. The van der Waals surface area contributed by atoms with Gasteiger partial charge in [0, 0.05) is 12.7 Å². The molecule has 3 aromatic rings. The highest BCUT2D eigenvalue weighted by Crippen LogP contribution is 2.34. The Kier molecular flexibility index (Phi) is 6.76. The van der Waals surface area contributed by atoms with Gasteiger partial charge in [-0.05, 0) is 23.3 Å². The summed E-state index contributed by atoms with van der Waals surface area (Å²) < 4.78 is 24.3.